The van der Waals surface area contributed by atoms with Crippen molar-refractivity contribution in [2.75, 3.05) is 5.75 Å². The molecule has 7 heteroatoms. The van der Waals surface area contributed by atoms with Gasteiger partial charge in [-0.05, 0) is 39.0 Å². The first-order chi connectivity index (χ1) is 12.4. The number of hydrogen-bond acceptors (Lipinski definition) is 6. The molecule has 3 aliphatic rings. The molecule has 1 amide bonds. The number of esters is 1. The van der Waals surface area contributed by atoms with Gasteiger partial charge in [0.25, 0.3) is 5.24 Å². The third-order valence-electron chi connectivity index (χ3n) is 5.05. The molecule has 3 heterocycles. The molecule has 0 aliphatic carbocycles. The Balaban J connectivity index is 1.76. The first kappa shape index (κ1) is 19.5. The molecule has 0 spiro atoms. The summed E-state index contributed by atoms with van der Waals surface area (Å²) in [6.45, 7) is 1.93. The van der Waals surface area contributed by atoms with E-state index in [2.05, 4.69) is 17.5 Å². The van der Waals surface area contributed by atoms with Gasteiger partial charge in [-0.1, -0.05) is 29.5 Å². The van der Waals surface area contributed by atoms with E-state index in [0.717, 1.165) is 49.4 Å². The number of ether oxygens (including phenoxy) is 2. The minimum Gasteiger partial charge on any atom is -0.459 e. The average molecular weight is 381 g/mol. The normalized spacial score (nSPS) is 39.9. The second-order valence-corrected chi connectivity index (χ2v) is 8.30. The molecule has 0 aromatic heterocycles. The van der Waals surface area contributed by atoms with Crippen molar-refractivity contribution in [2.24, 2.45) is 0 Å². The molecular formula is C19H27NO5S. The molecular weight excluding hydrogens is 354 g/mol. The molecule has 2 N–H and O–H groups in total. The summed E-state index contributed by atoms with van der Waals surface area (Å²) in [5, 5.41) is 13.7. The van der Waals surface area contributed by atoms with Crippen LogP contribution in [0.15, 0.2) is 23.8 Å². The molecule has 0 aromatic rings. The van der Waals surface area contributed by atoms with Gasteiger partial charge in [-0.25, -0.2) is 4.79 Å². The molecule has 0 radical (unpaired) electrons. The molecule has 2 bridgehead atoms. The molecule has 0 aromatic carbocycles. The van der Waals surface area contributed by atoms with Crippen LogP contribution >= 0.6 is 11.8 Å². The van der Waals surface area contributed by atoms with Crippen LogP contribution in [0, 0.1) is 0 Å². The molecule has 26 heavy (non-hydrogen) atoms. The second kappa shape index (κ2) is 8.59. The van der Waals surface area contributed by atoms with Crippen molar-refractivity contribution in [2.45, 2.75) is 75.9 Å². The number of carbonyl (C=O) groups excluding carboxylic acids is 2. The van der Waals surface area contributed by atoms with Gasteiger partial charge in [0.2, 0.25) is 0 Å². The fraction of sp³-hybridized carbons (Fsp3) is 0.684. The largest absolute Gasteiger partial charge is 0.459 e. The minimum atomic E-state index is -1.50. The maximum atomic E-state index is 12.2. The van der Waals surface area contributed by atoms with Gasteiger partial charge in [0, 0.05) is 24.7 Å². The van der Waals surface area contributed by atoms with Crippen molar-refractivity contribution in [3.8, 4) is 0 Å². The third kappa shape index (κ3) is 5.11. The number of amides is 1. The van der Waals surface area contributed by atoms with E-state index in [1.807, 2.05) is 6.92 Å². The van der Waals surface area contributed by atoms with Gasteiger partial charge in [0.05, 0.1) is 12.1 Å². The summed E-state index contributed by atoms with van der Waals surface area (Å²) in [5.41, 5.74) is 0.982. The lowest BCUT2D eigenvalue weighted by Crippen LogP contribution is -2.58. The molecule has 6 nitrogen and oxygen atoms in total. The predicted octanol–water partition coefficient (Wildman–Crippen LogP) is 3.06. The Bertz CT molecular complexity index is 605. The zero-order chi connectivity index (χ0) is 18.6. The smallest absolute Gasteiger partial charge is 0.330 e. The number of allylic oxidation sites excluding steroid dienone is 3. The van der Waals surface area contributed by atoms with Gasteiger partial charge < -0.3 is 19.9 Å². The van der Waals surface area contributed by atoms with Crippen LogP contribution in [0.5, 0.6) is 0 Å². The van der Waals surface area contributed by atoms with E-state index >= 15 is 0 Å². The average Bonchev–Trinajstić information content (AvgIpc) is 3.00. The first-order valence-corrected chi connectivity index (χ1v) is 10.3. The highest BCUT2D eigenvalue weighted by Gasteiger charge is 2.49. The van der Waals surface area contributed by atoms with Crippen LogP contribution in [0.1, 0.15) is 51.9 Å². The van der Waals surface area contributed by atoms with Crippen LogP contribution in [0.4, 0.5) is 4.79 Å². The van der Waals surface area contributed by atoms with E-state index in [-0.39, 0.29) is 23.7 Å². The highest BCUT2D eigenvalue weighted by atomic mass is 32.2. The van der Waals surface area contributed by atoms with Gasteiger partial charge in [0.1, 0.15) is 6.10 Å². The Morgan fingerprint density at radius 3 is 2.85 bits per heavy atom. The van der Waals surface area contributed by atoms with Gasteiger partial charge >= 0.3 is 5.97 Å². The first-order valence-electron chi connectivity index (χ1n) is 9.31. The van der Waals surface area contributed by atoms with Crippen molar-refractivity contribution in [1.82, 2.24) is 5.32 Å². The lowest BCUT2D eigenvalue weighted by molar-refractivity contribution is -0.283. The molecule has 4 atom stereocenters. The Morgan fingerprint density at radius 2 is 2.08 bits per heavy atom. The lowest BCUT2D eigenvalue weighted by Gasteiger charge is -2.43. The van der Waals surface area contributed by atoms with Crippen molar-refractivity contribution in [3.05, 3.63) is 23.8 Å². The van der Waals surface area contributed by atoms with Crippen LogP contribution in [-0.2, 0) is 14.3 Å². The van der Waals surface area contributed by atoms with Crippen molar-refractivity contribution < 1.29 is 24.2 Å². The van der Waals surface area contributed by atoms with Crippen LogP contribution in [-0.4, -0.2) is 46.1 Å². The highest BCUT2D eigenvalue weighted by Crippen LogP contribution is 2.36. The lowest BCUT2D eigenvalue weighted by atomic mass is 9.91. The molecule has 3 rings (SSSR count). The van der Waals surface area contributed by atoms with E-state index in [1.165, 1.54) is 6.08 Å². The summed E-state index contributed by atoms with van der Waals surface area (Å²) in [5.74, 6) is -1.43. The van der Waals surface area contributed by atoms with E-state index in [9.17, 15) is 14.7 Å². The fourth-order valence-electron chi connectivity index (χ4n) is 3.69. The molecule has 144 valence electrons. The number of hydrogen-bond donors (Lipinski definition) is 2. The number of aliphatic hydroxyl groups is 1. The zero-order valence-electron chi connectivity index (χ0n) is 15.1. The summed E-state index contributed by atoms with van der Waals surface area (Å²) < 4.78 is 11.6. The Morgan fingerprint density at radius 1 is 1.27 bits per heavy atom. The summed E-state index contributed by atoms with van der Waals surface area (Å²) in [4.78, 5) is 23.8. The predicted molar refractivity (Wildman–Crippen MR) is 99.7 cm³/mol. The van der Waals surface area contributed by atoms with Crippen LogP contribution < -0.4 is 5.32 Å². The maximum absolute atomic E-state index is 12.2. The maximum Gasteiger partial charge on any atom is 0.330 e. The molecule has 1 unspecified atom stereocenters. The summed E-state index contributed by atoms with van der Waals surface area (Å²) in [6, 6.07) is -0.486. The summed E-state index contributed by atoms with van der Waals surface area (Å²) in [7, 11) is 0. The topological polar surface area (TPSA) is 84.9 Å². The number of nitrogens with one attached hydrogen (secondary N) is 1. The SMILES string of the molecule is C/C1=C/C(=O)O[C@@H]2CC(CCC/C=C\CC1)O[C@@](O)([C@@H]1CSC(=O)N1)C2. The molecule has 3 aliphatic heterocycles. The molecule has 2 fully saturated rings. The molecule has 2 saturated heterocycles. The molecule has 0 saturated carbocycles. The van der Waals surface area contributed by atoms with Crippen LogP contribution in [0.2, 0.25) is 0 Å². The number of thioether (sulfide) groups is 1. The fourth-order valence-corrected chi connectivity index (χ4v) is 4.58. The van der Waals surface area contributed by atoms with Crippen molar-refractivity contribution in [3.63, 3.8) is 0 Å². The number of fused-ring (bicyclic) bond motifs is 2. The standard InChI is InChI=1S/C19H27NO5S/c1-13-7-5-3-2-4-6-8-14-10-15(24-17(21)9-13)11-19(23,25-14)16-12-26-18(22)20-16/h2-3,9,14-16,23H,4-8,10-12H2,1H3,(H,20,22)/b3-2-,13-9-/t14?,15-,16+,19-/m1/s1. The highest BCUT2D eigenvalue weighted by molar-refractivity contribution is 8.14. The Hall–Kier alpha value is -1.31. The van der Waals surface area contributed by atoms with Crippen molar-refractivity contribution in [1.29, 1.82) is 0 Å². The zero-order valence-corrected chi connectivity index (χ0v) is 15.9. The summed E-state index contributed by atoms with van der Waals surface area (Å²) in [6.07, 6.45) is 10.4. The van der Waals surface area contributed by atoms with Crippen LogP contribution in [0.25, 0.3) is 0 Å². The van der Waals surface area contributed by atoms with Gasteiger partial charge in [0.15, 0.2) is 5.79 Å². The van der Waals surface area contributed by atoms with E-state index in [4.69, 9.17) is 9.47 Å². The summed E-state index contributed by atoms with van der Waals surface area (Å²) >= 11 is 1.14. The number of rotatable bonds is 1. The quantitative estimate of drug-likeness (QED) is 0.536. The van der Waals surface area contributed by atoms with Crippen molar-refractivity contribution >= 4 is 23.0 Å². The minimum absolute atomic E-state index is 0.159. The second-order valence-electron chi connectivity index (χ2n) is 7.31. The van der Waals surface area contributed by atoms with Gasteiger partial charge in [-0.3, -0.25) is 4.79 Å². The van der Waals surface area contributed by atoms with Gasteiger partial charge in [-0.15, -0.1) is 0 Å². The van der Waals surface area contributed by atoms with E-state index in [0.29, 0.717) is 12.2 Å². The van der Waals surface area contributed by atoms with Crippen LogP contribution in [0.3, 0.4) is 0 Å². The Labute approximate surface area is 158 Å². The Kier molecular flexibility index (Phi) is 6.42. The van der Waals surface area contributed by atoms with Gasteiger partial charge in [-0.2, -0.15) is 0 Å². The monoisotopic (exact) mass is 381 g/mol. The van der Waals surface area contributed by atoms with E-state index in [1.54, 1.807) is 0 Å². The van der Waals surface area contributed by atoms with E-state index < -0.39 is 17.9 Å². The number of carbonyl (C=O) groups is 2. The third-order valence-corrected chi connectivity index (χ3v) is 5.93.